The number of alkyl carbamates (subject to hydrolysis) is 1. The Morgan fingerprint density at radius 1 is 1.00 bits per heavy atom. The Balaban J connectivity index is 1.52. The minimum atomic E-state index is -3.52. The number of benzene rings is 1. The summed E-state index contributed by atoms with van der Waals surface area (Å²) in [4.78, 5) is 26.5. The Labute approximate surface area is 172 Å². The molecule has 1 aromatic carbocycles. The molecule has 1 aliphatic carbocycles. The van der Waals surface area contributed by atoms with E-state index in [-0.39, 0.29) is 22.9 Å². The minimum Gasteiger partial charge on any atom is -0.444 e. The van der Waals surface area contributed by atoms with Crippen LogP contribution in [0.2, 0.25) is 0 Å². The first-order chi connectivity index (χ1) is 13.5. The van der Waals surface area contributed by atoms with Crippen LogP contribution in [0.5, 0.6) is 0 Å². The Morgan fingerprint density at radius 2 is 1.59 bits per heavy atom. The molecular weight excluding hydrogens is 394 g/mol. The first-order valence-corrected chi connectivity index (χ1v) is 11.4. The molecule has 9 heteroatoms. The molecule has 0 aromatic heterocycles. The zero-order valence-electron chi connectivity index (χ0n) is 17.1. The van der Waals surface area contributed by atoms with Gasteiger partial charge in [0.05, 0.1) is 4.90 Å². The third-order valence-corrected chi connectivity index (χ3v) is 6.35. The van der Waals surface area contributed by atoms with E-state index in [9.17, 15) is 18.0 Å². The van der Waals surface area contributed by atoms with E-state index in [1.54, 1.807) is 17.0 Å². The number of hydrogen-bond acceptors (Lipinski definition) is 5. The molecule has 1 saturated heterocycles. The summed E-state index contributed by atoms with van der Waals surface area (Å²) in [7, 11) is -3.52. The summed E-state index contributed by atoms with van der Waals surface area (Å²) in [5.41, 5.74) is -0.0943. The highest BCUT2D eigenvalue weighted by Crippen LogP contribution is 2.23. The summed E-state index contributed by atoms with van der Waals surface area (Å²) in [5.74, 6) is -0.139. The molecule has 3 rings (SSSR count). The molecule has 0 radical (unpaired) electrons. The molecule has 1 saturated carbocycles. The molecule has 0 atom stereocenters. The molecular formula is C20H29N3O5S. The normalized spacial score (nSPS) is 18.4. The topological polar surface area (TPSA) is 105 Å². The Hall–Kier alpha value is -2.13. The van der Waals surface area contributed by atoms with E-state index in [2.05, 4.69) is 10.0 Å². The Bertz CT molecular complexity index is 849. The SMILES string of the molecule is CC(C)(C)OC(=O)NC1CCN(C(=O)c2ccc(S(=O)(=O)NC3CC3)cc2)CC1. The van der Waals surface area contributed by atoms with Crippen molar-refractivity contribution in [2.24, 2.45) is 0 Å². The molecule has 0 bridgehead atoms. The number of carbonyl (C=O) groups excluding carboxylic acids is 2. The van der Waals surface area contributed by atoms with Gasteiger partial charge in [0.25, 0.3) is 5.91 Å². The highest BCUT2D eigenvalue weighted by atomic mass is 32.2. The van der Waals surface area contributed by atoms with Crippen LogP contribution in [-0.2, 0) is 14.8 Å². The maximum atomic E-state index is 12.7. The van der Waals surface area contributed by atoms with Gasteiger partial charge in [-0.05, 0) is 70.7 Å². The van der Waals surface area contributed by atoms with Crippen LogP contribution in [0.25, 0.3) is 0 Å². The van der Waals surface area contributed by atoms with E-state index in [1.165, 1.54) is 12.1 Å². The number of hydrogen-bond donors (Lipinski definition) is 2. The van der Waals surface area contributed by atoms with Crippen molar-refractivity contribution in [1.29, 1.82) is 0 Å². The van der Waals surface area contributed by atoms with Gasteiger partial charge in [0, 0.05) is 30.7 Å². The van der Waals surface area contributed by atoms with Crippen LogP contribution in [0.15, 0.2) is 29.2 Å². The van der Waals surface area contributed by atoms with E-state index in [1.807, 2.05) is 20.8 Å². The lowest BCUT2D eigenvalue weighted by Gasteiger charge is -2.33. The molecule has 2 amide bonds. The van der Waals surface area contributed by atoms with Crippen molar-refractivity contribution in [3.63, 3.8) is 0 Å². The molecule has 160 valence electrons. The van der Waals surface area contributed by atoms with Gasteiger partial charge in [-0.2, -0.15) is 0 Å². The van der Waals surface area contributed by atoms with Gasteiger partial charge in [-0.1, -0.05) is 0 Å². The molecule has 8 nitrogen and oxygen atoms in total. The lowest BCUT2D eigenvalue weighted by Crippen LogP contribution is -2.47. The summed E-state index contributed by atoms with van der Waals surface area (Å²) in [6, 6.07) is 6.04. The lowest BCUT2D eigenvalue weighted by molar-refractivity contribution is 0.0473. The molecule has 2 fully saturated rings. The highest BCUT2D eigenvalue weighted by Gasteiger charge is 2.29. The van der Waals surface area contributed by atoms with Crippen molar-refractivity contribution in [3.05, 3.63) is 29.8 Å². The summed E-state index contributed by atoms with van der Waals surface area (Å²) in [5, 5.41) is 2.85. The van der Waals surface area contributed by atoms with Gasteiger partial charge in [-0.25, -0.2) is 17.9 Å². The molecule has 29 heavy (non-hydrogen) atoms. The van der Waals surface area contributed by atoms with Gasteiger partial charge in [0.15, 0.2) is 0 Å². The molecule has 0 unspecified atom stereocenters. The zero-order chi connectivity index (χ0) is 21.2. The molecule has 1 aliphatic heterocycles. The second-order valence-corrected chi connectivity index (χ2v) is 10.3. The van der Waals surface area contributed by atoms with Crippen molar-refractivity contribution < 1.29 is 22.7 Å². The minimum absolute atomic E-state index is 0.0325. The van der Waals surface area contributed by atoms with Crippen LogP contribution < -0.4 is 10.0 Å². The van der Waals surface area contributed by atoms with E-state index < -0.39 is 21.7 Å². The quantitative estimate of drug-likeness (QED) is 0.756. The Kier molecular flexibility index (Phi) is 6.19. The fourth-order valence-electron chi connectivity index (χ4n) is 3.15. The third kappa shape index (κ3) is 6.17. The van der Waals surface area contributed by atoms with Crippen molar-refractivity contribution in [2.75, 3.05) is 13.1 Å². The fourth-order valence-corrected chi connectivity index (χ4v) is 4.45. The average molecular weight is 424 g/mol. The van der Waals surface area contributed by atoms with Crippen LogP contribution in [0.1, 0.15) is 56.8 Å². The van der Waals surface area contributed by atoms with E-state index in [0.717, 1.165) is 12.8 Å². The van der Waals surface area contributed by atoms with Gasteiger partial charge >= 0.3 is 6.09 Å². The fraction of sp³-hybridized carbons (Fsp3) is 0.600. The number of rotatable bonds is 5. The van der Waals surface area contributed by atoms with Crippen LogP contribution >= 0.6 is 0 Å². The monoisotopic (exact) mass is 423 g/mol. The number of amides is 2. The molecule has 2 N–H and O–H groups in total. The van der Waals surface area contributed by atoms with Crippen LogP contribution in [-0.4, -0.2) is 56.1 Å². The lowest BCUT2D eigenvalue weighted by atomic mass is 10.0. The third-order valence-electron chi connectivity index (χ3n) is 4.81. The maximum Gasteiger partial charge on any atom is 0.407 e. The number of sulfonamides is 1. The largest absolute Gasteiger partial charge is 0.444 e. The molecule has 2 aliphatic rings. The van der Waals surface area contributed by atoms with Crippen molar-refractivity contribution in [1.82, 2.24) is 14.9 Å². The molecule has 1 heterocycles. The highest BCUT2D eigenvalue weighted by molar-refractivity contribution is 7.89. The summed E-state index contributed by atoms with van der Waals surface area (Å²) in [6.45, 7) is 6.47. The summed E-state index contributed by atoms with van der Waals surface area (Å²) < 4.78 is 32.3. The summed E-state index contributed by atoms with van der Waals surface area (Å²) in [6.07, 6.45) is 2.58. The van der Waals surface area contributed by atoms with Gasteiger partial charge in [-0.3, -0.25) is 4.79 Å². The average Bonchev–Trinajstić information content (AvgIpc) is 3.43. The van der Waals surface area contributed by atoms with Gasteiger partial charge in [0.2, 0.25) is 10.0 Å². The van der Waals surface area contributed by atoms with Gasteiger partial charge in [0.1, 0.15) is 5.60 Å². The number of piperidine rings is 1. The second-order valence-electron chi connectivity index (χ2n) is 8.63. The van der Waals surface area contributed by atoms with Crippen LogP contribution in [0.3, 0.4) is 0 Å². The number of carbonyl (C=O) groups is 2. The first kappa shape index (κ1) is 21.6. The molecule has 1 aromatic rings. The zero-order valence-corrected chi connectivity index (χ0v) is 17.9. The van der Waals surface area contributed by atoms with Crippen molar-refractivity contribution >= 4 is 22.0 Å². The van der Waals surface area contributed by atoms with Gasteiger partial charge in [-0.15, -0.1) is 0 Å². The van der Waals surface area contributed by atoms with E-state index >= 15 is 0 Å². The predicted octanol–water partition coefficient (Wildman–Crippen LogP) is 2.26. The maximum absolute atomic E-state index is 12.7. The summed E-state index contributed by atoms with van der Waals surface area (Å²) >= 11 is 0. The van der Waals surface area contributed by atoms with Crippen LogP contribution in [0, 0.1) is 0 Å². The van der Waals surface area contributed by atoms with Crippen molar-refractivity contribution in [2.45, 2.75) is 69.0 Å². The smallest absolute Gasteiger partial charge is 0.407 e. The van der Waals surface area contributed by atoms with E-state index in [0.29, 0.717) is 31.5 Å². The van der Waals surface area contributed by atoms with Gasteiger partial charge < -0.3 is 15.0 Å². The number of nitrogens with zero attached hydrogens (tertiary/aromatic N) is 1. The van der Waals surface area contributed by atoms with Crippen LogP contribution in [0.4, 0.5) is 4.79 Å². The van der Waals surface area contributed by atoms with E-state index in [4.69, 9.17) is 4.74 Å². The predicted molar refractivity (Wildman–Crippen MR) is 108 cm³/mol. The first-order valence-electron chi connectivity index (χ1n) is 9.95. The Morgan fingerprint density at radius 3 is 2.10 bits per heavy atom. The number of likely N-dealkylation sites (tertiary alicyclic amines) is 1. The second kappa shape index (κ2) is 8.31. The van der Waals surface area contributed by atoms with Crippen molar-refractivity contribution in [3.8, 4) is 0 Å². The molecule has 0 spiro atoms. The standard InChI is InChI=1S/C20H29N3O5S/c1-20(2,3)28-19(25)21-15-10-12-23(13-11-15)18(24)14-4-8-17(9-5-14)29(26,27)22-16-6-7-16/h4-5,8-9,15-16,22H,6-7,10-13H2,1-3H3,(H,21,25). The number of nitrogens with one attached hydrogen (secondary N) is 2. The number of ether oxygens (including phenoxy) is 1.